The quantitative estimate of drug-likeness (QED) is 0.324. The zero-order chi connectivity index (χ0) is 31.4. The minimum Gasteiger partial charge on any atom is -0.503 e. The van der Waals surface area contributed by atoms with Gasteiger partial charge < -0.3 is 24.1 Å². The number of carbonyl (C=O) groups excluding carboxylic acids is 3. The van der Waals surface area contributed by atoms with Crippen LogP contribution in [0, 0.1) is 73.5 Å². The van der Waals surface area contributed by atoms with Crippen molar-refractivity contribution in [1.29, 1.82) is 0 Å². The van der Waals surface area contributed by atoms with Crippen molar-refractivity contribution in [2.24, 2.45) is 28.6 Å². The Hall–Kier alpha value is -1.71. The number of ketones is 2. The van der Waals surface area contributed by atoms with Crippen molar-refractivity contribution in [1.82, 2.24) is 0 Å². The van der Waals surface area contributed by atoms with E-state index in [1.165, 1.54) is 18.2 Å². The van der Waals surface area contributed by atoms with Crippen LogP contribution in [0.15, 0.2) is 23.8 Å². The number of fused-ring (bicyclic) bond motifs is 7. The summed E-state index contributed by atoms with van der Waals surface area (Å²) in [4.78, 5) is 45.7. The summed E-state index contributed by atoms with van der Waals surface area (Å²) >= 11 is 0. The third-order valence-corrected chi connectivity index (χ3v) is 9.92. The third kappa shape index (κ3) is 6.12. The molecule has 1 aliphatic heterocycles. The molecule has 0 amide bonds. The molecule has 3 saturated carbocycles. The predicted octanol–water partition coefficient (Wildman–Crippen LogP) is 3.95. The second-order valence-corrected chi connectivity index (χ2v) is 12.8. The van der Waals surface area contributed by atoms with Gasteiger partial charge in [0.1, 0.15) is 18.9 Å². The summed E-state index contributed by atoms with van der Waals surface area (Å²) in [6.45, 7) is 14.3. The first-order chi connectivity index (χ1) is 19.4. The molecule has 0 radical (unpaired) electrons. The third-order valence-electron chi connectivity index (χ3n) is 9.92. The molecule has 5 unspecified atom stereocenters. The van der Waals surface area contributed by atoms with Crippen molar-refractivity contribution in [2.75, 3.05) is 13.2 Å². The Morgan fingerprint density at radius 2 is 1.74 bits per heavy atom. The summed E-state index contributed by atoms with van der Waals surface area (Å²) in [5.74, 6) is -5.34. The summed E-state index contributed by atoms with van der Waals surface area (Å²) in [7, 11) is 0. The number of hydrogen-bond acceptors (Lipinski definition) is 8. The first-order valence-electron chi connectivity index (χ1n) is 14.2. The van der Waals surface area contributed by atoms with E-state index in [4.69, 9.17) is 28.8 Å². The van der Waals surface area contributed by atoms with E-state index in [0.29, 0.717) is 6.42 Å². The molecular weight excluding hydrogens is 792 g/mol. The van der Waals surface area contributed by atoms with Crippen LogP contribution in [0.4, 0.5) is 8.78 Å². The number of hydrogen-bond donors (Lipinski definition) is 1. The molecule has 0 bridgehead atoms. The van der Waals surface area contributed by atoms with Gasteiger partial charge in [0.25, 0.3) is 0 Å². The van der Waals surface area contributed by atoms with Gasteiger partial charge in [0, 0.05) is 23.9 Å². The van der Waals surface area contributed by atoms with Crippen LogP contribution in [-0.2, 0) is 38.1 Å². The Kier molecular flexibility index (Phi) is 10.5. The van der Waals surface area contributed by atoms with Crippen LogP contribution >= 0.6 is 0 Å². The molecule has 0 aromatic rings. The van der Waals surface area contributed by atoms with E-state index in [1.807, 2.05) is 6.92 Å². The molecule has 1 heterocycles. The van der Waals surface area contributed by atoms with Crippen LogP contribution in [-0.4, -0.2) is 77.8 Å². The molecule has 0 spiro atoms. The van der Waals surface area contributed by atoms with Crippen LogP contribution in [0.1, 0.15) is 53.9 Å². The standard InChI is InChI=1S/C29H37F2O7.C2H3O2.U/c1-7-35-23-13-27(5)17(18-11-20(30)19-10-16(33)8-9-28(19,6)29(18,23)31)12-22-24(27)25(38-26(3,4)37-22)21(34)14-36-15(2)32;1-2(3)4;/h8-10,17-18,20,22-25H,2,7,11-14H2,1,3-6H3;1H2,(H,3,4);/q2*-1;+2/t17?,18?,20-,22+,23-,24?,25-,27?,28?,29-;;/m0../s1. The molecule has 43 heavy (non-hydrogen) atoms. The second kappa shape index (κ2) is 12.6. The van der Waals surface area contributed by atoms with Gasteiger partial charge in [0.05, 0.1) is 12.2 Å². The Labute approximate surface area is 274 Å². The van der Waals surface area contributed by atoms with Gasteiger partial charge in [-0.25, -0.2) is 8.78 Å². The van der Waals surface area contributed by atoms with E-state index in [0.717, 1.165) is 0 Å². The average molecular weight is 833 g/mol. The van der Waals surface area contributed by atoms with Gasteiger partial charge in [0.15, 0.2) is 35.0 Å². The van der Waals surface area contributed by atoms with Gasteiger partial charge >= 0.3 is 31.1 Å². The van der Waals surface area contributed by atoms with Crippen molar-refractivity contribution in [3.63, 3.8) is 0 Å². The maximum atomic E-state index is 17.9. The van der Waals surface area contributed by atoms with Crippen LogP contribution in [0.25, 0.3) is 0 Å². The van der Waals surface area contributed by atoms with Crippen LogP contribution in [0.2, 0.25) is 0 Å². The smallest absolute Gasteiger partial charge is 0.503 e. The van der Waals surface area contributed by atoms with E-state index >= 15 is 8.78 Å². The fraction of sp³-hybridized carbons (Fsp3) is 0.677. The number of carboxylic acid groups (broad SMARTS) is 1. The minimum atomic E-state index is -1.98. The van der Waals surface area contributed by atoms with Crippen molar-refractivity contribution < 1.29 is 83.1 Å². The fourth-order valence-corrected chi connectivity index (χ4v) is 8.51. The number of ether oxygens (including phenoxy) is 4. The second-order valence-electron chi connectivity index (χ2n) is 12.8. The van der Waals surface area contributed by atoms with Crippen molar-refractivity contribution in [2.45, 2.75) is 89.8 Å². The molecule has 9 nitrogen and oxygen atoms in total. The Balaban J connectivity index is 0.000000954. The number of allylic oxidation sites excluding steroid dienone is 4. The topological polar surface area (TPSA) is 125 Å². The summed E-state index contributed by atoms with van der Waals surface area (Å²) in [5.41, 5.74) is -3.87. The van der Waals surface area contributed by atoms with Crippen molar-refractivity contribution >= 4 is 23.5 Å². The van der Waals surface area contributed by atoms with Gasteiger partial charge in [-0.3, -0.25) is 33.0 Å². The molecule has 0 aromatic carbocycles. The predicted molar refractivity (Wildman–Crippen MR) is 145 cm³/mol. The number of carbonyl (C=O) groups is 4. The van der Waals surface area contributed by atoms with Gasteiger partial charge in [-0.15, -0.1) is 0 Å². The molecule has 4 fully saturated rings. The zero-order valence-corrected chi connectivity index (χ0v) is 29.4. The van der Waals surface area contributed by atoms with E-state index in [1.54, 1.807) is 27.7 Å². The average Bonchev–Trinajstić information content (AvgIpc) is 3.15. The van der Waals surface area contributed by atoms with Crippen LogP contribution in [0.3, 0.4) is 0 Å². The van der Waals surface area contributed by atoms with Gasteiger partial charge in [-0.2, -0.15) is 0 Å². The molecule has 0 aromatic heterocycles. The summed E-state index contributed by atoms with van der Waals surface area (Å²) in [5, 5.41) is 7.31. The fourth-order valence-electron chi connectivity index (χ4n) is 8.51. The summed E-state index contributed by atoms with van der Waals surface area (Å²) < 4.78 is 57.2. The maximum absolute atomic E-state index is 17.9. The van der Waals surface area contributed by atoms with Gasteiger partial charge in [-0.05, 0) is 76.0 Å². The summed E-state index contributed by atoms with van der Waals surface area (Å²) in [6, 6.07) is 0. The number of Topliss-reactive ketones (excluding diaryl/α,β-unsaturated/α-hetero) is 1. The number of halogens is 2. The molecule has 10 atom stereocenters. The maximum Gasteiger partial charge on any atom is 2.00 e. The Morgan fingerprint density at radius 1 is 1.12 bits per heavy atom. The molecule has 4 aliphatic carbocycles. The van der Waals surface area contributed by atoms with E-state index in [-0.39, 0.29) is 67.8 Å². The van der Waals surface area contributed by atoms with E-state index in [2.05, 4.69) is 13.8 Å². The van der Waals surface area contributed by atoms with Crippen molar-refractivity contribution in [3.05, 3.63) is 37.6 Å². The van der Waals surface area contributed by atoms with E-state index < -0.39 is 82.9 Å². The summed E-state index contributed by atoms with van der Waals surface area (Å²) in [6.07, 6.45) is 0.850. The number of esters is 1. The van der Waals surface area contributed by atoms with Gasteiger partial charge in [-0.1, -0.05) is 13.0 Å². The van der Waals surface area contributed by atoms with Crippen LogP contribution < -0.4 is 0 Å². The first-order valence-corrected chi connectivity index (χ1v) is 14.2. The molecule has 1 N–H and O–H groups in total. The molecule has 236 valence electrons. The van der Waals surface area contributed by atoms with Crippen molar-refractivity contribution in [3.8, 4) is 0 Å². The molecule has 1 saturated heterocycles. The minimum absolute atomic E-state index is 0. The van der Waals surface area contributed by atoms with E-state index in [9.17, 15) is 14.4 Å². The number of aliphatic carboxylic acids is 1. The number of carboxylic acids is 1. The molecule has 5 rings (SSSR count). The zero-order valence-electron chi connectivity index (χ0n) is 25.2. The molecule has 5 aliphatic rings. The number of rotatable bonds is 5. The molecular formula is C31H40F2O9U. The van der Waals surface area contributed by atoms with Gasteiger partial charge in [0.2, 0.25) is 0 Å². The monoisotopic (exact) mass is 832 g/mol. The number of alkyl halides is 2. The normalized spacial score (nSPS) is 41.9. The molecule has 12 heteroatoms. The Bertz CT molecular complexity index is 1200. The largest absolute Gasteiger partial charge is 2.00 e. The first kappa shape index (κ1) is 35.8. The Morgan fingerprint density at radius 3 is 2.33 bits per heavy atom. The SMILES string of the molecule is [CH2-]C(=O)O.[CH2-]C(=O)OCC(=O)[C@@H]1OC(C)(C)O[C@@H]2CC3C4C[C@H](F)C5=CC(=O)C=CC5(C)[C@@]4(F)[C@@H](OCC)CC3(C)C21.[U+2]. The van der Waals surface area contributed by atoms with Crippen LogP contribution in [0.5, 0.6) is 0 Å².